The third-order valence-corrected chi connectivity index (χ3v) is 7.50. The zero-order valence-corrected chi connectivity index (χ0v) is 20.3. The molecule has 0 aromatic heterocycles. The van der Waals surface area contributed by atoms with Gasteiger partial charge in [0.25, 0.3) is 5.91 Å². The molecule has 33 heavy (non-hydrogen) atoms. The molecule has 0 N–H and O–H groups in total. The summed E-state index contributed by atoms with van der Waals surface area (Å²) in [5.41, 5.74) is 0.679. The summed E-state index contributed by atoms with van der Waals surface area (Å²) in [5, 5.41) is -0.00402. The minimum Gasteiger partial charge on any atom is -0.452 e. The van der Waals surface area contributed by atoms with E-state index in [0.717, 1.165) is 0 Å². The Balaban J connectivity index is 1.74. The molecule has 0 aliphatic carbocycles. The van der Waals surface area contributed by atoms with E-state index < -0.39 is 28.5 Å². The van der Waals surface area contributed by atoms with Gasteiger partial charge in [-0.3, -0.25) is 4.79 Å². The number of hydrogen-bond donors (Lipinski definition) is 0. The van der Waals surface area contributed by atoms with Crippen molar-refractivity contribution in [3.63, 3.8) is 0 Å². The molecule has 0 spiro atoms. The van der Waals surface area contributed by atoms with Gasteiger partial charge in [0.15, 0.2) is 6.61 Å². The number of nitrogens with zero attached hydrogens (tertiary/aromatic N) is 2. The summed E-state index contributed by atoms with van der Waals surface area (Å²) in [7, 11) is -3.96. The molecule has 0 radical (unpaired) electrons. The Morgan fingerprint density at radius 2 is 1.76 bits per heavy atom. The second kappa shape index (κ2) is 10.6. The van der Waals surface area contributed by atoms with E-state index in [4.69, 9.17) is 21.1 Å². The summed E-state index contributed by atoms with van der Waals surface area (Å²) >= 11 is 6.18. The average molecular weight is 495 g/mol. The van der Waals surface area contributed by atoms with E-state index in [1.807, 2.05) is 25.1 Å². The predicted octanol–water partition coefficient (Wildman–Crippen LogP) is 3.35. The first-order chi connectivity index (χ1) is 15.6. The fraction of sp³-hybridized carbons (Fsp3) is 0.391. The van der Waals surface area contributed by atoms with Crippen LogP contribution in [0.5, 0.6) is 0 Å². The molecule has 2 unspecified atom stereocenters. The van der Waals surface area contributed by atoms with Crippen LogP contribution in [0.2, 0.25) is 5.02 Å². The Labute approximate surface area is 199 Å². The largest absolute Gasteiger partial charge is 0.452 e. The fourth-order valence-corrected chi connectivity index (χ4v) is 5.78. The molecule has 1 saturated heterocycles. The number of hydrogen-bond acceptors (Lipinski definition) is 6. The van der Waals surface area contributed by atoms with E-state index in [1.54, 1.807) is 26.0 Å². The molecule has 0 bridgehead atoms. The van der Waals surface area contributed by atoms with Gasteiger partial charge in [0, 0.05) is 25.3 Å². The first kappa shape index (κ1) is 25.2. The molecule has 2 aromatic carbocycles. The van der Waals surface area contributed by atoms with E-state index in [1.165, 1.54) is 27.4 Å². The number of rotatable bonds is 7. The van der Waals surface area contributed by atoms with Crippen molar-refractivity contribution in [2.24, 2.45) is 0 Å². The summed E-state index contributed by atoms with van der Waals surface area (Å²) in [6.07, 6.45) is -0.542. The Bertz CT molecular complexity index is 1100. The lowest BCUT2D eigenvalue weighted by Gasteiger charge is -2.34. The number of likely N-dealkylation sites (N-methyl/N-ethyl adjacent to an activating group) is 1. The molecule has 1 amide bonds. The van der Waals surface area contributed by atoms with Crippen LogP contribution in [0.15, 0.2) is 53.4 Å². The molecule has 1 fully saturated rings. The van der Waals surface area contributed by atoms with Crippen LogP contribution in [-0.4, -0.2) is 63.0 Å². The van der Waals surface area contributed by atoms with Gasteiger partial charge in [-0.1, -0.05) is 29.8 Å². The number of carbonyl (C=O) groups excluding carboxylic acids is 2. The van der Waals surface area contributed by atoms with Crippen LogP contribution in [0, 0.1) is 0 Å². The number of anilines is 1. The second-order valence-corrected chi connectivity index (χ2v) is 10.1. The number of sulfonamides is 1. The highest BCUT2D eigenvalue weighted by molar-refractivity contribution is 7.89. The molecule has 178 valence electrons. The Morgan fingerprint density at radius 3 is 2.36 bits per heavy atom. The van der Waals surface area contributed by atoms with Crippen molar-refractivity contribution in [2.45, 2.75) is 37.9 Å². The number of esters is 1. The number of morpholine rings is 1. The van der Waals surface area contributed by atoms with Gasteiger partial charge in [-0.2, -0.15) is 4.31 Å². The highest BCUT2D eigenvalue weighted by Gasteiger charge is 2.34. The monoisotopic (exact) mass is 494 g/mol. The van der Waals surface area contributed by atoms with Crippen LogP contribution in [0.25, 0.3) is 0 Å². The second-order valence-electron chi connectivity index (χ2n) is 7.77. The number of benzene rings is 2. The van der Waals surface area contributed by atoms with Crippen LogP contribution in [0.3, 0.4) is 0 Å². The van der Waals surface area contributed by atoms with E-state index in [0.29, 0.717) is 12.2 Å². The van der Waals surface area contributed by atoms with Crippen molar-refractivity contribution in [3.05, 3.63) is 59.1 Å². The van der Waals surface area contributed by atoms with Gasteiger partial charge < -0.3 is 14.4 Å². The highest BCUT2D eigenvalue weighted by Crippen LogP contribution is 2.28. The van der Waals surface area contributed by atoms with E-state index in [-0.39, 0.29) is 40.8 Å². The van der Waals surface area contributed by atoms with Crippen molar-refractivity contribution in [2.75, 3.05) is 31.1 Å². The summed E-state index contributed by atoms with van der Waals surface area (Å²) in [5.74, 6) is -1.21. The van der Waals surface area contributed by atoms with Gasteiger partial charge in [-0.05, 0) is 51.1 Å². The smallest absolute Gasteiger partial charge is 0.338 e. The molecule has 3 rings (SSSR count). The lowest BCUT2D eigenvalue weighted by atomic mass is 10.2. The highest BCUT2D eigenvalue weighted by atomic mass is 35.5. The normalized spacial score (nSPS) is 19.2. The topological polar surface area (TPSA) is 93.2 Å². The van der Waals surface area contributed by atoms with Crippen molar-refractivity contribution >= 4 is 39.2 Å². The van der Waals surface area contributed by atoms with Crippen LogP contribution in [0.4, 0.5) is 5.69 Å². The lowest BCUT2D eigenvalue weighted by Crippen LogP contribution is -2.48. The summed E-state index contributed by atoms with van der Waals surface area (Å²) in [6, 6.07) is 12.9. The Hall–Kier alpha value is -2.46. The van der Waals surface area contributed by atoms with Gasteiger partial charge in [0.1, 0.15) is 4.90 Å². The molecule has 8 nitrogen and oxygen atoms in total. The SMILES string of the molecule is CCN(C(=O)COC(=O)c1ccc(Cl)c(S(=O)(=O)N2CC(C)OC(C)C2)c1)c1ccccc1. The van der Waals surface area contributed by atoms with Gasteiger partial charge in [0.2, 0.25) is 10.0 Å². The Morgan fingerprint density at radius 1 is 1.12 bits per heavy atom. The molecule has 10 heteroatoms. The first-order valence-electron chi connectivity index (χ1n) is 10.6. The van der Waals surface area contributed by atoms with Crippen molar-refractivity contribution < 1.29 is 27.5 Å². The minimum atomic E-state index is -3.96. The average Bonchev–Trinajstić information content (AvgIpc) is 2.78. The first-order valence-corrected chi connectivity index (χ1v) is 12.4. The maximum atomic E-state index is 13.2. The van der Waals surface area contributed by atoms with Gasteiger partial charge in [0.05, 0.1) is 22.8 Å². The van der Waals surface area contributed by atoms with E-state index in [9.17, 15) is 18.0 Å². The molecule has 2 atom stereocenters. The number of carbonyl (C=O) groups is 2. The summed E-state index contributed by atoms with van der Waals surface area (Å²) in [4.78, 5) is 26.5. The van der Waals surface area contributed by atoms with Gasteiger partial charge >= 0.3 is 5.97 Å². The van der Waals surface area contributed by atoms with Gasteiger partial charge in [-0.25, -0.2) is 13.2 Å². The zero-order valence-electron chi connectivity index (χ0n) is 18.7. The Kier molecular flexibility index (Phi) is 8.12. The van der Waals surface area contributed by atoms with Crippen molar-refractivity contribution in [3.8, 4) is 0 Å². The standard InChI is InChI=1S/C23H27ClN2O6S/c1-4-26(19-8-6-5-7-9-19)22(27)15-31-23(28)18-10-11-20(24)21(12-18)33(29,30)25-13-16(2)32-17(3)14-25/h5-12,16-17H,4,13-15H2,1-3H3. The molecule has 1 aliphatic heterocycles. The van der Waals surface area contributed by atoms with Crippen LogP contribution in [0.1, 0.15) is 31.1 Å². The number of halogens is 1. The predicted molar refractivity (Wildman–Crippen MR) is 125 cm³/mol. The molecule has 1 heterocycles. The molecule has 0 saturated carbocycles. The van der Waals surface area contributed by atoms with Gasteiger partial charge in [-0.15, -0.1) is 0 Å². The van der Waals surface area contributed by atoms with Crippen molar-refractivity contribution in [1.82, 2.24) is 4.31 Å². The molecule has 2 aromatic rings. The maximum Gasteiger partial charge on any atom is 0.338 e. The van der Waals surface area contributed by atoms with Crippen LogP contribution >= 0.6 is 11.6 Å². The van der Waals surface area contributed by atoms with Crippen molar-refractivity contribution in [1.29, 1.82) is 0 Å². The zero-order chi connectivity index (χ0) is 24.2. The summed E-state index contributed by atoms with van der Waals surface area (Å²) < 4.78 is 38.5. The molecular formula is C23H27ClN2O6S. The third kappa shape index (κ3) is 5.92. The quantitative estimate of drug-likeness (QED) is 0.548. The molecule has 1 aliphatic rings. The van der Waals surface area contributed by atoms with Crippen LogP contribution in [-0.2, 0) is 24.3 Å². The molecular weight excluding hydrogens is 468 g/mol. The van der Waals surface area contributed by atoms with E-state index >= 15 is 0 Å². The van der Waals surface area contributed by atoms with Crippen LogP contribution < -0.4 is 4.90 Å². The van der Waals surface area contributed by atoms with E-state index in [2.05, 4.69) is 0 Å². The summed E-state index contributed by atoms with van der Waals surface area (Å²) in [6.45, 7) is 5.68. The number of amides is 1. The minimum absolute atomic E-state index is 0.00402. The fourth-order valence-electron chi connectivity index (χ4n) is 3.69. The number of ether oxygens (including phenoxy) is 2. The third-order valence-electron chi connectivity index (χ3n) is 5.18. The number of para-hydroxylation sites is 1. The maximum absolute atomic E-state index is 13.2. The lowest BCUT2D eigenvalue weighted by molar-refractivity contribution is -0.121.